The van der Waals surface area contributed by atoms with Crippen molar-refractivity contribution in [2.24, 2.45) is 0 Å². The zero-order valence-corrected chi connectivity index (χ0v) is 22.2. The molecule has 3 aromatic rings. The molecule has 1 atom stereocenters. The smallest absolute Gasteiger partial charge is 0.295 e. The third-order valence-corrected chi connectivity index (χ3v) is 6.82. The number of halogens is 1. The fourth-order valence-corrected chi connectivity index (χ4v) is 4.80. The Morgan fingerprint density at radius 3 is 2.41 bits per heavy atom. The minimum Gasteiger partial charge on any atom is -0.507 e. The Balaban J connectivity index is 1.80. The van der Waals surface area contributed by atoms with Crippen LogP contribution in [0.15, 0.2) is 76.8 Å². The van der Waals surface area contributed by atoms with Crippen molar-refractivity contribution in [3.05, 3.63) is 93.5 Å². The van der Waals surface area contributed by atoms with E-state index in [-0.39, 0.29) is 29.4 Å². The van der Waals surface area contributed by atoms with Crippen molar-refractivity contribution in [2.45, 2.75) is 25.8 Å². The number of rotatable bonds is 9. The van der Waals surface area contributed by atoms with Crippen LogP contribution in [-0.4, -0.2) is 47.1 Å². The molecule has 7 nitrogen and oxygen atoms in total. The first-order valence-corrected chi connectivity index (χ1v) is 12.8. The largest absolute Gasteiger partial charge is 0.507 e. The highest BCUT2D eigenvalue weighted by Gasteiger charge is 2.46. The monoisotopic (exact) mass is 565 g/mol. The highest BCUT2D eigenvalue weighted by Crippen LogP contribution is 2.44. The lowest BCUT2D eigenvalue weighted by atomic mass is 9.94. The molecule has 2 N–H and O–H groups in total. The van der Waals surface area contributed by atoms with Crippen LogP contribution < -0.4 is 9.47 Å². The van der Waals surface area contributed by atoms with Gasteiger partial charge >= 0.3 is 0 Å². The van der Waals surface area contributed by atoms with E-state index in [1.165, 1.54) is 12.0 Å². The van der Waals surface area contributed by atoms with Gasteiger partial charge in [0.2, 0.25) is 0 Å². The molecule has 4 rings (SSSR count). The van der Waals surface area contributed by atoms with E-state index in [9.17, 15) is 19.8 Å². The number of carbonyl (C=O) groups is 2. The molecule has 1 unspecified atom stereocenters. The van der Waals surface area contributed by atoms with E-state index in [1.807, 2.05) is 37.3 Å². The summed E-state index contributed by atoms with van der Waals surface area (Å²) in [7, 11) is 1.42. The highest BCUT2D eigenvalue weighted by atomic mass is 79.9. The number of methoxy groups -OCH3 is 1. The molecule has 1 aliphatic heterocycles. The summed E-state index contributed by atoms with van der Waals surface area (Å²) in [5.41, 5.74) is 1.88. The second-order valence-corrected chi connectivity index (χ2v) is 9.51. The molecule has 3 aromatic carbocycles. The van der Waals surface area contributed by atoms with E-state index in [0.717, 1.165) is 12.0 Å². The number of ketones is 1. The fraction of sp³-hybridized carbons (Fsp3) is 0.241. The van der Waals surface area contributed by atoms with E-state index in [1.54, 1.807) is 36.4 Å². The van der Waals surface area contributed by atoms with Crippen molar-refractivity contribution < 1.29 is 29.3 Å². The van der Waals surface area contributed by atoms with Crippen LogP contribution in [0.1, 0.15) is 36.1 Å². The van der Waals surface area contributed by atoms with Gasteiger partial charge in [0, 0.05) is 12.1 Å². The number of nitrogens with zero attached hydrogens (tertiary/aromatic N) is 1. The van der Waals surface area contributed by atoms with Crippen molar-refractivity contribution in [2.75, 3.05) is 20.3 Å². The van der Waals surface area contributed by atoms with Crippen molar-refractivity contribution in [3.8, 4) is 17.2 Å². The van der Waals surface area contributed by atoms with Crippen LogP contribution in [0.25, 0.3) is 5.76 Å². The van der Waals surface area contributed by atoms with Gasteiger partial charge < -0.3 is 24.6 Å². The highest BCUT2D eigenvalue weighted by molar-refractivity contribution is 9.10. The van der Waals surface area contributed by atoms with Crippen molar-refractivity contribution in [3.63, 3.8) is 0 Å². The number of aliphatic hydroxyl groups is 1. The Hall–Kier alpha value is -3.78. The average Bonchev–Trinajstić information content (AvgIpc) is 3.17. The molecular weight excluding hydrogens is 538 g/mol. The van der Waals surface area contributed by atoms with E-state index in [0.29, 0.717) is 34.4 Å². The van der Waals surface area contributed by atoms with E-state index < -0.39 is 17.7 Å². The van der Waals surface area contributed by atoms with E-state index >= 15 is 0 Å². The first kappa shape index (κ1) is 26.3. The summed E-state index contributed by atoms with van der Waals surface area (Å²) in [6.45, 7) is 2.82. The standard InChI is InChI=1S/C29H28BrNO6/c1-3-15-37-21-11-9-19(10-12-21)26(32)24-25(20-16-22(30)27(33)23(17-20)36-2)31(29(35)28(24)34)14-13-18-7-5-4-6-8-18/h4-12,16-17,25,32-33H,3,13-15H2,1-2H3. The first-order valence-electron chi connectivity index (χ1n) is 12.0. The van der Waals surface area contributed by atoms with Gasteiger partial charge in [-0.1, -0.05) is 37.3 Å². The summed E-state index contributed by atoms with van der Waals surface area (Å²) < 4.78 is 11.3. The number of benzene rings is 3. The molecule has 1 fully saturated rings. The predicted molar refractivity (Wildman–Crippen MR) is 144 cm³/mol. The number of carbonyl (C=O) groups excluding carboxylic acids is 2. The maximum absolute atomic E-state index is 13.3. The second kappa shape index (κ2) is 11.5. The molecule has 1 amide bonds. The van der Waals surface area contributed by atoms with Crippen LogP contribution in [0.4, 0.5) is 0 Å². The summed E-state index contributed by atoms with van der Waals surface area (Å²) in [6.07, 6.45) is 1.38. The lowest BCUT2D eigenvalue weighted by Crippen LogP contribution is -2.31. The van der Waals surface area contributed by atoms with Crippen molar-refractivity contribution in [1.29, 1.82) is 0 Å². The molecule has 1 heterocycles. The molecule has 0 radical (unpaired) electrons. The number of aliphatic hydroxyl groups excluding tert-OH is 1. The average molecular weight is 566 g/mol. The number of phenolic OH excluding ortho intramolecular Hbond substituents is 1. The zero-order chi connectivity index (χ0) is 26.5. The molecule has 0 aromatic heterocycles. The molecule has 1 saturated heterocycles. The van der Waals surface area contributed by atoms with Gasteiger partial charge in [-0.2, -0.15) is 0 Å². The van der Waals surface area contributed by atoms with Gasteiger partial charge in [-0.05, 0) is 76.3 Å². The number of phenols is 1. The molecule has 1 aliphatic rings. The molecule has 0 saturated carbocycles. The fourth-order valence-electron chi connectivity index (χ4n) is 4.34. The molecule has 192 valence electrons. The number of hydrogen-bond donors (Lipinski definition) is 2. The predicted octanol–water partition coefficient (Wildman–Crippen LogP) is 5.62. The van der Waals surface area contributed by atoms with Gasteiger partial charge in [0.1, 0.15) is 11.5 Å². The van der Waals surface area contributed by atoms with Crippen LogP contribution >= 0.6 is 15.9 Å². The SMILES string of the molecule is CCCOc1ccc(C(O)=C2C(=O)C(=O)N(CCc3ccccc3)C2c2cc(Br)c(O)c(OC)c2)cc1. The van der Waals surface area contributed by atoms with Crippen LogP contribution in [0.2, 0.25) is 0 Å². The molecule has 0 aliphatic carbocycles. The molecule has 0 spiro atoms. The van der Waals surface area contributed by atoms with Gasteiger partial charge in [0.05, 0.1) is 29.8 Å². The van der Waals surface area contributed by atoms with Gasteiger partial charge in [0.15, 0.2) is 11.5 Å². The topological polar surface area (TPSA) is 96.3 Å². The number of ether oxygens (including phenoxy) is 2. The van der Waals surface area contributed by atoms with Gasteiger partial charge in [-0.3, -0.25) is 9.59 Å². The third-order valence-electron chi connectivity index (χ3n) is 6.21. The lowest BCUT2D eigenvalue weighted by Gasteiger charge is -2.26. The maximum atomic E-state index is 13.3. The summed E-state index contributed by atoms with van der Waals surface area (Å²) in [4.78, 5) is 28.0. The van der Waals surface area contributed by atoms with E-state index in [2.05, 4.69) is 15.9 Å². The Bertz CT molecular complexity index is 1320. The number of aromatic hydroxyl groups is 1. The van der Waals surface area contributed by atoms with Crippen LogP contribution in [0.5, 0.6) is 17.2 Å². The van der Waals surface area contributed by atoms with Gasteiger partial charge in [0.25, 0.3) is 11.7 Å². The Labute approximate surface area is 224 Å². The zero-order valence-electron chi connectivity index (χ0n) is 20.6. The van der Waals surface area contributed by atoms with Crippen LogP contribution in [0.3, 0.4) is 0 Å². The number of hydrogen-bond acceptors (Lipinski definition) is 6. The van der Waals surface area contributed by atoms with Crippen molar-refractivity contribution >= 4 is 33.4 Å². The third kappa shape index (κ3) is 5.49. The van der Waals surface area contributed by atoms with E-state index in [4.69, 9.17) is 9.47 Å². The molecular formula is C29H28BrNO6. The number of Topliss-reactive ketones (excluding diaryl/α,β-unsaturated/α-hetero) is 1. The second-order valence-electron chi connectivity index (χ2n) is 8.65. The summed E-state index contributed by atoms with van der Waals surface area (Å²) in [6, 6.07) is 18.7. The minimum absolute atomic E-state index is 0.0278. The first-order chi connectivity index (χ1) is 17.8. The molecule has 8 heteroatoms. The Kier molecular flexibility index (Phi) is 8.18. The van der Waals surface area contributed by atoms with Gasteiger partial charge in [-0.25, -0.2) is 0 Å². The Morgan fingerprint density at radius 2 is 1.76 bits per heavy atom. The molecule has 0 bridgehead atoms. The molecule has 37 heavy (non-hydrogen) atoms. The van der Waals surface area contributed by atoms with Crippen LogP contribution in [-0.2, 0) is 16.0 Å². The minimum atomic E-state index is -0.884. The van der Waals surface area contributed by atoms with Crippen molar-refractivity contribution in [1.82, 2.24) is 4.90 Å². The van der Waals surface area contributed by atoms with Crippen LogP contribution in [0, 0.1) is 0 Å². The Morgan fingerprint density at radius 1 is 1.05 bits per heavy atom. The summed E-state index contributed by atoms with van der Waals surface area (Å²) >= 11 is 3.33. The lowest BCUT2D eigenvalue weighted by molar-refractivity contribution is -0.139. The van der Waals surface area contributed by atoms with Gasteiger partial charge in [-0.15, -0.1) is 0 Å². The quantitative estimate of drug-likeness (QED) is 0.199. The normalized spacial score (nSPS) is 16.7. The summed E-state index contributed by atoms with van der Waals surface area (Å²) in [5.74, 6) is -1.04. The number of likely N-dealkylation sites (tertiary alicyclic amines) is 1. The summed E-state index contributed by atoms with van der Waals surface area (Å²) in [5, 5.41) is 21.6. The number of amides is 1. The maximum Gasteiger partial charge on any atom is 0.295 e.